The number of aliphatic hydroxyl groups is 1. The Kier molecular flexibility index (Phi) is 4.97. The van der Waals surface area contributed by atoms with Gasteiger partial charge in [0, 0.05) is 25.2 Å². The number of hydrogen-bond acceptors (Lipinski definition) is 4. The number of hydrogen-bond donors (Lipinski definition) is 1. The number of benzene rings is 1. The molecule has 0 saturated heterocycles. The maximum atomic E-state index is 11.6. The normalized spacial score (nSPS) is 11.8. The van der Waals surface area contributed by atoms with Gasteiger partial charge in [-0.15, -0.1) is 0 Å². The van der Waals surface area contributed by atoms with Crippen LogP contribution in [-0.4, -0.2) is 43.3 Å². The highest BCUT2D eigenvalue weighted by molar-refractivity contribution is 5.80. The van der Waals surface area contributed by atoms with E-state index in [9.17, 15) is 9.90 Å². The predicted molar refractivity (Wildman–Crippen MR) is 67.7 cm³/mol. The molecule has 1 atom stereocenters. The van der Waals surface area contributed by atoms with Crippen LogP contribution in [0.5, 0.6) is 11.5 Å². The van der Waals surface area contributed by atoms with Crippen molar-refractivity contribution in [3.8, 4) is 11.5 Å². The van der Waals surface area contributed by atoms with Gasteiger partial charge in [-0.3, -0.25) is 4.79 Å². The summed E-state index contributed by atoms with van der Waals surface area (Å²) in [5.41, 5.74) is 0.856. The summed E-state index contributed by atoms with van der Waals surface area (Å²) in [5, 5.41) is 9.24. The molecule has 0 aliphatic heterocycles. The number of nitrogens with zero attached hydrogens (tertiary/aromatic N) is 1. The van der Waals surface area contributed by atoms with Crippen LogP contribution in [0.4, 0.5) is 0 Å². The zero-order valence-corrected chi connectivity index (χ0v) is 11.1. The SMILES string of the molecule is COc1ccc(CN(C)C(=O)C(C)O)c(OC)c1. The first-order valence-corrected chi connectivity index (χ1v) is 5.63. The number of amides is 1. The third kappa shape index (κ3) is 3.37. The Hall–Kier alpha value is -1.75. The summed E-state index contributed by atoms with van der Waals surface area (Å²) in [4.78, 5) is 13.0. The summed E-state index contributed by atoms with van der Waals surface area (Å²) >= 11 is 0. The summed E-state index contributed by atoms with van der Waals surface area (Å²) < 4.78 is 10.4. The van der Waals surface area contributed by atoms with Crippen molar-refractivity contribution < 1.29 is 19.4 Å². The van der Waals surface area contributed by atoms with Crippen LogP contribution in [0.3, 0.4) is 0 Å². The number of likely N-dealkylation sites (N-methyl/N-ethyl adjacent to an activating group) is 1. The van der Waals surface area contributed by atoms with Crippen LogP contribution < -0.4 is 9.47 Å². The maximum Gasteiger partial charge on any atom is 0.251 e. The van der Waals surface area contributed by atoms with E-state index in [4.69, 9.17) is 9.47 Å². The van der Waals surface area contributed by atoms with Crippen molar-refractivity contribution >= 4 is 5.91 Å². The van der Waals surface area contributed by atoms with E-state index in [1.165, 1.54) is 11.8 Å². The Morgan fingerprint density at radius 2 is 2.06 bits per heavy atom. The largest absolute Gasteiger partial charge is 0.497 e. The fraction of sp³-hybridized carbons (Fsp3) is 0.462. The van der Waals surface area contributed by atoms with Crippen molar-refractivity contribution in [3.63, 3.8) is 0 Å². The van der Waals surface area contributed by atoms with Gasteiger partial charge in [-0.25, -0.2) is 0 Å². The minimum absolute atomic E-state index is 0.326. The molecule has 0 saturated carbocycles. The second-order valence-electron chi connectivity index (χ2n) is 4.05. The molecule has 0 aliphatic rings. The van der Waals surface area contributed by atoms with E-state index in [0.717, 1.165) is 5.56 Å². The molecule has 5 heteroatoms. The second kappa shape index (κ2) is 6.26. The minimum Gasteiger partial charge on any atom is -0.497 e. The number of rotatable bonds is 5. The molecule has 1 aromatic carbocycles. The second-order valence-corrected chi connectivity index (χ2v) is 4.05. The predicted octanol–water partition coefficient (Wildman–Crippen LogP) is 1.04. The van der Waals surface area contributed by atoms with Crippen LogP contribution in [0.15, 0.2) is 18.2 Å². The molecule has 0 heterocycles. The average molecular weight is 253 g/mol. The molecule has 0 fully saturated rings. The van der Waals surface area contributed by atoms with Crippen molar-refractivity contribution in [2.75, 3.05) is 21.3 Å². The van der Waals surface area contributed by atoms with E-state index in [-0.39, 0.29) is 5.91 Å². The van der Waals surface area contributed by atoms with Crippen molar-refractivity contribution in [2.24, 2.45) is 0 Å². The Balaban J connectivity index is 2.87. The molecule has 1 rings (SSSR count). The molecule has 0 bridgehead atoms. The lowest BCUT2D eigenvalue weighted by molar-refractivity contribution is -0.138. The summed E-state index contributed by atoms with van der Waals surface area (Å²) in [6.45, 7) is 1.82. The number of aliphatic hydroxyl groups excluding tert-OH is 1. The summed E-state index contributed by atoms with van der Waals surface area (Å²) in [5.74, 6) is 1.02. The van der Waals surface area contributed by atoms with E-state index >= 15 is 0 Å². The Morgan fingerprint density at radius 3 is 2.56 bits per heavy atom. The Labute approximate surface area is 107 Å². The van der Waals surface area contributed by atoms with Crippen LogP contribution in [0.25, 0.3) is 0 Å². The molecular weight excluding hydrogens is 234 g/mol. The minimum atomic E-state index is -1.00. The summed E-state index contributed by atoms with van der Waals surface area (Å²) in [6.07, 6.45) is -1.00. The maximum absolute atomic E-state index is 11.6. The van der Waals surface area contributed by atoms with Crippen molar-refractivity contribution in [2.45, 2.75) is 19.6 Å². The van der Waals surface area contributed by atoms with Crippen LogP contribution in [0.2, 0.25) is 0 Å². The topological polar surface area (TPSA) is 59.0 Å². The number of ether oxygens (including phenoxy) is 2. The molecule has 1 N–H and O–H groups in total. The van der Waals surface area contributed by atoms with Gasteiger partial charge < -0.3 is 19.5 Å². The van der Waals surface area contributed by atoms with E-state index in [2.05, 4.69) is 0 Å². The highest BCUT2D eigenvalue weighted by Gasteiger charge is 2.16. The molecule has 0 radical (unpaired) electrons. The highest BCUT2D eigenvalue weighted by atomic mass is 16.5. The number of methoxy groups -OCH3 is 2. The smallest absolute Gasteiger partial charge is 0.251 e. The van der Waals surface area contributed by atoms with Crippen LogP contribution in [0.1, 0.15) is 12.5 Å². The molecule has 5 nitrogen and oxygen atoms in total. The first-order valence-electron chi connectivity index (χ1n) is 5.63. The lowest BCUT2D eigenvalue weighted by Gasteiger charge is -2.20. The van der Waals surface area contributed by atoms with Gasteiger partial charge in [-0.1, -0.05) is 0 Å². The van der Waals surface area contributed by atoms with E-state index in [0.29, 0.717) is 18.0 Å². The van der Waals surface area contributed by atoms with Gasteiger partial charge in [0.1, 0.15) is 17.6 Å². The molecule has 100 valence electrons. The number of carbonyl (C=O) groups excluding carboxylic acids is 1. The van der Waals surface area contributed by atoms with Gasteiger partial charge in [0.05, 0.1) is 14.2 Å². The quantitative estimate of drug-likeness (QED) is 0.852. The van der Waals surface area contributed by atoms with Crippen molar-refractivity contribution in [1.29, 1.82) is 0 Å². The fourth-order valence-electron chi connectivity index (χ4n) is 1.63. The Morgan fingerprint density at radius 1 is 1.39 bits per heavy atom. The van der Waals surface area contributed by atoms with E-state index < -0.39 is 6.10 Å². The molecule has 1 aromatic rings. The lowest BCUT2D eigenvalue weighted by atomic mass is 10.1. The molecule has 1 unspecified atom stereocenters. The summed E-state index contributed by atoms with van der Waals surface area (Å²) in [7, 11) is 4.78. The molecule has 1 amide bonds. The third-order valence-corrected chi connectivity index (χ3v) is 2.64. The molecular formula is C13H19NO4. The van der Waals surface area contributed by atoms with Gasteiger partial charge in [0.25, 0.3) is 5.91 Å². The fourth-order valence-corrected chi connectivity index (χ4v) is 1.63. The Bertz CT molecular complexity index is 417. The highest BCUT2D eigenvalue weighted by Crippen LogP contribution is 2.25. The van der Waals surface area contributed by atoms with Gasteiger partial charge in [-0.2, -0.15) is 0 Å². The molecule has 0 spiro atoms. The first-order chi connectivity index (χ1) is 8.49. The van der Waals surface area contributed by atoms with Crippen LogP contribution >= 0.6 is 0 Å². The molecule has 18 heavy (non-hydrogen) atoms. The molecule has 0 aromatic heterocycles. The van der Waals surface area contributed by atoms with E-state index in [1.807, 2.05) is 6.07 Å². The first kappa shape index (κ1) is 14.3. The van der Waals surface area contributed by atoms with Gasteiger partial charge in [0.2, 0.25) is 0 Å². The van der Waals surface area contributed by atoms with Gasteiger partial charge >= 0.3 is 0 Å². The standard InChI is InChI=1S/C13H19NO4/c1-9(15)13(16)14(2)8-10-5-6-11(17-3)7-12(10)18-4/h5-7,9,15H,8H2,1-4H3. The molecule has 0 aliphatic carbocycles. The van der Waals surface area contributed by atoms with Crippen LogP contribution in [-0.2, 0) is 11.3 Å². The zero-order chi connectivity index (χ0) is 13.7. The monoisotopic (exact) mass is 253 g/mol. The van der Waals surface area contributed by atoms with Crippen molar-refractivity contribution in [3.05, 3.63) is 23.8 Å². The van der Waals surface area contributed by atoms with E-state index in [1.54, 1.807) is 33.4 Å². The zero-order valence-electron chi connectivity index (χ0n) is 11.1. The number of carbonyl (C=O) groups is 1. The van der Waals surface area contributed by atoms with Crippen molar-refractivity contribution in [1.82, 2.24) is 4.90 Å². The lowest BCUT2D eigenvalue weighted by Crippen LogP contribution is -2.34. The average Bonchev–Trinajstić information content (AvgIpc) is 2.37. The third-order valence-electron chi connectivity index (χ3n) is 2.64. The van der Waals surface area contributed by atoms with Gasteiger partial charge in [0.15, 0.2) is 0 Å². The van der Waals surface area contributed by atoms with Crippen LogP contribution in [0, 0.1) is 0 Å². The van der Waals surface area contributed by atoms with Gasteiger partial charge in [-0.05, 0) is 19.1 Å². The summed E-state index contributed by atoms with van der Waals surface area (Å²) in [6, 6.07) is 5.40.